The van der Waals surface area contributed by atoms with Crippen molar-refractivity contribution in [2.45, 2.75) is 32.7 Å². The van der Waals surface area contributed by atoms with Gasteiger partial charge in [0.1, 0.15) is 5.76 Å². The van der Waals surface area contributed by atoms with Gasteiger partial charge in [0.2, 0.25) is 0 Å². The van der Waals surface area contributed by atoms with Gasteiger partial charge >= 0.3 is 0 Å². The van der Waals surface area contributed by atoms with Crippen LogP contribution in [0.5, 0.6) is 0 Å². The number of nitrogens with zero attached hydrogens (tertiary/aromatic N) is 1. The fourth-order valence-corrected chi connectivity index (χ4v) is 2.55. The number of halogens is 1. The summed E-state index contributed by atoms with van der Waals surface area (Å²) in [5, 5.41) is 0. The Bertz CT molecular complexity index is 405. The van der Waals surface area contributed by atoms with Crippen molar-refractivity contribution < 1.29 is 9.21 Å². The lowest BCUT2D eigenvalue weighted by Gasteiger charge is -2.38. The summed E-state index contributed by atoms with van der Waals surface area (Å²) in [6, 6.07) is 3.70. The zero-order chi connectivity index (χ0) is 12.4. The highest BCUT2D eigenvalue weighted by molar-refractivity contribution is 5.91. The molecule has 0 saturated carbocycles. The summed E-state index contributed by atoms with van der Waals surface area (Å²) in [7, 11) is 0. The molecular weight excluding hydrogens is 252 g/mol. The van der Waals surface area contributed by atoms with Crippen molar-refractivity contribution in [1.82, 2.24) is 4.90 Å². The largest absolute Gasteiger partial charge is 0.456 e. The minimum atomic E-state index is -0.0277. The van der Waals surface area contributed by atoms with Crippen LogP contribution >= 0.6 is 12.4 Å². The van der Waals surface area contributed by atoms with Gasteiger partial charge in [-0.05, 0) is 37.8 Å². The highest BCUT2D eigenvalue weighted by Gasteiger charge is 2.32. The van der Waals surface area contributed by atoms with Crippen LogP contribution < -0.4 is 5.73 Å². The van der Waals surface area contributed by atoms with Crippen molar-refractivity contribution in [2.75, 3.05) is 13.1 Å². The highest BCUT2D eigenvalue weighted by Crippen LogP contribution is 2.24. The number of carbonyl (C=O) groups excluding carboxylic acids is 1. The molecule has 0 radical (unpaired) electrons. The molecule has 1 fully saturated rings. The van der Waals surface area contributed by atoms with Gasteiger partial charge in [-0.15, -0.1) is 12.4 Å². The molecule has 5 heteroatoms. The molecule has 1 amide bonds. The van der Waals surface area contributed by atoms with Gasteiger partial charge < -0.3 is 15.1 Å². The third-order valence-electron chi connectivity index (χ3n) is 3.57. The molecule has 1 saturated heterocycles. The molecule has 0 bridgehead atoms. The Morgan fingerprint density at radius 1 is 1.56 bits per heavy atom. The molecule has 1 aromatic rings. The van der Waals surface area contributed by atoms with E-state index in [-0.39, 0.29) is 24.4 Å². The van der Waals surface area contributed by atoms with Crippen molar-refractivity contribution in [3.63, 3.8) is 0 Å². The molecular formula is C13H21ClN2O2. The fourth-order valence-electron chi connectivity index (χ4n) is 2.55. The second-order valence-corrected chi connectivity index (χ2v) is 4.83. The summed E-state index contributed by atoms with van der Waals surface area (Å²) in [6.45, 7) is 5.30. The molecule has 0 aromatic carbocycles. The lowest BCUT2D eigenvalue weighted by atomic mass is 9.90. The maximum Gasteiger partial charge on any atom is 0.289 e. The number of rotatable bonds is 2. The number of furan rings is 1. The van der Waals surface area contributed by atoms with Gasteiger partial charge in [-0.3, -0.25) is 4.79 Å². The van der Waals surface area contributed by atoms with Crippen LogP contribution in [0.4, 0.5) is 0 Å². The summed E-state index contributed by atoms with van der Waals surface area (Å²) in [5.41, 5.74) is 5.78. The SMILES string of the molecule is Cc1ccc(C(=O)N2CCCC(C)C2CN)o1.Cl. The van der Waals surface area contributed by atoms with Crippen molar-refractivity contribution in [2.24, 2.45) is 11.7 Å². The Kier molecular flexibility index (Phi) is 5.23. The predicted octanol–water partition coefficient (Wildman–Crippen LogP) is 2.21. The molecule has 1 aromatic heterocycles. The third-order valence-corrected chi connectivity index (χ3v) is 3.57. The van der Waals surface area contributed by atoms with Crippen LogP contribution in [0.2, 0.25) is 0 Å². The standard InChI is InChI=1S/C13H20N2O2.ClH/c1-9-4-3-7-15(11(9)8-14)13(16)12-6-5-10(2)17-12;/h5-6,9,11H,3-4,7-8,14H2,1-2H3;1H. The van der Waals surface area contributed by atoms with Crippen LogP contribution in [0, 0.1) is 12.8 Å². The highest BCUT2D eigenvalue weighted by atomic mass is 35.5. The Morgan fingerprint density at radius 2 is 2.28 bits per heavy atom. The summed E-state index contributed by atoms with van der Waals surface area (Å²) in [4.78, 5) is 14.2. The van der Waals surface area contributed by atoms with Crippen molar-refractivity contribution in [3.8, 4) is 0 Å². The number of nitrogens with two attached hydrogens (primary N) is 1. The Labute approximate surface area is 114 Å². The van der Waals surface area contributed by atoms with Gasteiger partial charge in [-0.25, -0.2) is 0 Å². The molecule has 2 unspecified atom stereocenters. The molecule has 18 heavy (non-hydrogen) atoms. The number of hydrogen-bond donors (Lipinski definition) is 1. The number of likely N-dealkylation sites (tertiary alicyclic amines) is 1. The van der Waals surface area contributed by atoms with Crippen LogP contribution in [0.1, 0.15) is 36.1 Å². The van der Waals surface area contributed by atoms with E-state index in [4.69, 9.17) is 10.2 Å². The Balaban J connectivity index is 0.00000162. The summed E-state index contributed by atoms with van der Waals surface area (Å²) >= 11 is 0. The van der Waals surface area contributed by atoms with E-state index < -0.39 is 0 Å². The van der Waals surface area contributed by atoms with E-state index in [1.54, 1.807) is 6.07 Å². The maximum atomic E-state index is 12.3. The quantitative estimate of drug-likeness (QED) is 0.898. The lowest BCUT2D eigenvalue weighted by molar-refractivity contribution is 0.0500. The van der Waals surface area contributed by atoms with Gasteiger partial charge in [0, 0.05) is 19.1 Å². The molecule has 4 nitrogen and oxygen atoms in total. The van der Waals surface area contributed by atoms with Crippen LogP contribution in [-0.2, 0) is 0 Å². The van der Waals surface area contributed by atoms with Gasteiger partial charge in [0.05, 0.1) is 0 Å². The normalized spacial score (nSPS) is 23.6. The average molecular weight is 273 g/mol. The first-order valence-corrected chi connectivity index (χ1v) is 6.21. The van der Waals surface area contributed by atoms with E-state index in [9.17, 15) is 4.79 Å². The van der Waals surface area contributed by atoms with Crippen molar-refractivity contribution in [3.05, 3.63) is 23.7 Å². The number of amides is 1. The van der Waals surface area contributed by atoms with Crippen molar-refractivity contribution >= 4 is 18.3 Å². The fraction of sp³-hybridized carbons (Fsp3) is 0.615. The molecule has 102 valence electrons. The number of carbonyl (C=O) groups is 1. The first-order chi connectivity index (χ1) is 8.13. The molecule has 2 heterocycles. The van der Waals surface area contributed by atoms with E-state index >= 15 is 0 Å². The summed E-state index contributed by atoms with van der Waals surface area (Å²) < 4.78 is 5.39. The second kappa shape index (κ2) is 6.25. The zero-order valence-corrected chi connectivity index (χ0v) is 11.7. The van der Waals surface area contributed by atoms with Crippen LogP contribution in [-0.4, -0.2) is 29.9 Å². The summed E-state index contributed by atoms with van der Waals surface area (Å²) in [5.74, 6) is 1.63. The van der Waals surface area contributed by atoms with Gasteiger partial charge in [-0.2, -0.15) is 0 Å². The van der Waals surface area contributed by atoms with Gasteiger partial charge in [0.25, 0.3) is 5.91 Å². The minimum Gasteiger partial charge on any atom is -0.456 e. The molecule has 0 aliphatic carbocycles. The first kappa shape index (κ1) is 15.1. The topological polar surface area (TPSA) is 59.5 Å². The van der Waals surface area contributed by atoms with E-state index in [0.29, 0.717) is 18.2 Å². The van der Waals surface area contributed by atoms with E-state index in [1.165, 1.54) is 0 Å². The van der Waals surface area contributed by atoms with Crippen LogP contribution in [0.3, 0.4) is 0 Å². The van der Waals surface area contributed by atoms with E-state index in [2.05, 4.69) is 6.92 Å². The first-order valence-electron chi connectivity index (χ1n) is 6.21. The van der Waals surface area contributed by atoms with E-state index in [1.807, 2.05) is 17.9 Å². The molecule has 2 atom stereocenters. The van der Waals surface area contributed by atoms with Crippen LogP contribution in [0.15, 0.2) is 16.5 Å². The molecule has 2 N–H and O–H groups in total. The molecule has 1 aliphatic heterocycles. The van der Waals surface area contributed by atoms with Gasteiger partial charge in [0.15, 0.2) is 5.76 Å². The molecule has 2 rings (SSSR count). The average Bonchev–Trinajstić information content (AvgIpc) is 2.74. The second-order valence-electron chi connectivity index (χ2n) is 4.83. The smallest absolute Gasteiger partial charge is 0.289 e. The zero-order valence-electron chi connectivity index (χ0n) is 10.9. The summed E-state index contributed by atoms with van der Waals surface area (Å²) in [6.07, 6.45) is 2.19. The van der Waals surface area contributed by atoms with Gasteiger partial charge in [-0.1, -0.05) is 6.92 Å². The lowest BCUT2D eigenvalue weighted by Crippen LogP contribution is -2.51. The number of aryl methyl sites for hydroxylation is 1. The molecule has 1 aliphatic rings. The monoisotopic (exact) mass is 272 g/mol. The Morgan fingerprint density at radius 3 is 2.83 bits per heavy atom. The third kappa shape index (κ3) is 2.87. The number of piperidine rings is 1. The van der Waals surface area contributed by atoms with E-state index in [0.717, 1.165) is 25.1 Å². The minimum absolute atomic E-state index is 0. The maximum absolute atomic E-state index is 12.3. The predicted molar refractivity (Wildman–Crippen MR) is 73.0 cm³/mol. The van der Waals surface area contributed by atoms with Crippen LogP contribution in [0.25, 0.3) is 0 Å². The number of hydrogen-bond acceptors (Lipinski definition) is 3. The molecule has 0 spiro atoms. The van der Waals surface area contributed by atoms with Crippen molar-refractivity contribution in [1.29, 1.82) is 0 Å². The Hall–Kier alpha value is -1.00.